The molecule has 1 aliphatic rings. The number of benzene rings is 1. The lowest BCUT2D eigenvalue weighted by Crippen LogP contribution is -2.34. The molecule has 1 unspecified atom stereocenters. The number of nitro benzene ring substituents is 1. The maximum Gasteiger partial charge on any atom is 0.286 e. The van der Waals surface area contributed by atoms with Crippen LogP contribution in [0, 0.1) is 15.5 Å². The molecule has 0 aromatic heterocycles. The van der Waals surface area contributed by atoms with Crippen molar-refractivity contribution in [2.45, 2.75) is 13.3 Å². The first-order valence-corrected chi connectivity index (χ1v) is 8.32. The lowest BCUT2D eigenvalue weighted by atomic mass is 9.90. The minimum atomic E-state index is -0.589. The van der Waals surface area contributed by atoms with Gasteiger partial charge in [0.05, 0.1) is 24.7 Å². The van der Waals surface area contributed by atoms with Gasteiger partial charge in [-0.25, -0.2) is 0 Å². The van der Waals surface area contributed by atoms with Gasteiger partial charge in [0.2, 0.25) is 0 Å². The molecule has 0 saturated carbocycles. The summed E-state index contributed by atoms with van der Waals surface area (Å²) in [4.78, 5) is 25.4. The monoisotopic (exact) mass is 367 g/mol. The van der Waals surface area contributed by atoms with Gasteiger partial charge in [-0.15, -0.1) is 0 Å². The number of amides is 1. The highest BCUT2D eigenvalue weighted by molar-refractivity contribution is 5.99. The SMILES string of the molecule is COCCOc1cc([N+](=O)[O-])c(C(=O)N2CCC(C)(CN)C2)cc1OC. The Hall–Kier alpha value is -2.39. The molecule has 26 heavy (non-hydrogen) atoms. The number of likely N-dealkylation sites (tertiary alicyclic amines) is 1. The predicted molar refractivity (Wildman–Crippen MR) is 94.7 cm³/mol. The summed E-state index contributed by atoms with van der Waals surface area (Å²) in [6, 6.07) is 2.58. The van der Waals surface area contributed by atoms with Crippen molar-refractivity contribution < 1.29 is 23.9 Å². The molecule has 1 atom stereocenters. The van der Waals surface area contributed by atoms with Crippen LogP contribution >= 0.6 is 0 Å². The van der Waals surface area contributed by atoms with Crippen LogP contribution in [0.4, 0.5) is 5.69 Å². The minimum absolute atomic E-state index is 0.0211. The standard InChI is InChI=1S/C17H25N3O6/c1-17(10-18)4-5-19(11-17)16(21)12-8-14(25-3)15(26-7-6-24-2)9-13(12)20(22)23/h8-9H,4-7,10-11,18H2,1-3H3. The fraction of sp³-hybridized carbons (Fsp3) is 0.588. The van der Waals surface area contributed by atoms with E-state index in [1.165, 1.54) is 26.4 Å². The van der Waals surface area contributed by atoms with Crippen LogP contribution in [0.5, 0.6) is 11.5 Å². The average molecular weight is 367 g/mol. The molecule has 1 aromatic rings. The topological polar surface area (TPSA) is 117 Å². The predicted octanol–water partition coefficient (Wildman–Crippen LogP) is 1.44. The maximum atomic E-state index is 12.9. The molecule has 0 aliphatic carbocycles. The van der Waals surface area contributed by atoms with E-state index in [0.717, 1.165) is 6.42 Å². The number of carbonyl (C=O) groups is 1. The van der Waals surface area contributed by atoms with E-state index in [-0.39, 0.29) is 34.8 Å². The second-order valence-corrected chi connectivity index (χ2v) is 6.61. The van der Waals surface area contributed by atoms with Gasteiger partial charge in [0.15, 0.2) is 11.5 Å². The molecule has 0 radical (unpaired) electrons. The van der Waals surface area contributed by atoms with Crippen molar-refractivity contribution in [2.75, 3.05) is 47.1 Å². The van der Waals surface area contributed by atoms with E-state index in [1.807, 2.05) is 6.92 Å². The van der Waals surface area contributed by atoms with Gasteiger partial charge in [-0.3, -0.25) is 14.9 Å². The molecule has 1 aliphatic heterocycles. The Balaban J connectivity index is 2.35. The minimum Gasteiger partial charge on any atom is -0.493 e. The first-order chi connectivity index (χ1) is 12.3. The third kappa shape index (κ3) is 4.23. The molecule has 9 heteroatoms. The lowest BCUT2D eigenvalue weighted by molar-refractivity contribution is -0.385. The van der Waals surface area contributed by atoms with E-state index in [9.17, 15) is 14.9 Å². The number of rotatable bonds is 8. The van der Waals surface area contributed by atoms with Crippen LogP contribution in [-0.2, 0) is 4.74 Å². The van der Waals surface area contributed by atoms with Crippen molar-refractivity contribution in [3.63, 3.8) is 0 Å². The van der Waals surface area contributed by atoms with Crippen molar-refractivity contribution in [3.05, 3.63) is 27.8 Å². The number of methoxy groups -OCH3 is 2. The molecule has 2 rings (SSSR count). The van der Waals surface area contributed by atoms with E-state index in [2.05, 4.69) is 0 Å². The van der Waals surface area contributed by atoms with Crippen LogP contribution in [0.1, 0.15) is 23.7 Å². The van der Waals surface area contributed by atoms with Crippen molar-refractivity contribution in [1.29, 1.82) is 0 Å². The molecule has 1 fully saturated rings. The van der Waals surface area contributed by atoms with Crippen LogP contribution in [0.15, 0.2) is 12.1 Å². The van der Waals surface area contributed by atoms with Crippen LogP contribution in [0.25, 0.3) is 0 Å². The van der Waals surface area contributed by atoms with Crippen LogP contribution in [-0.4, -0.2) is 62.8 Å². The zero-order chi connectivity index (χ0) is 19.3. The third-order valence-corrected chi connectivity index (χ3v) is 4.59. The molecular weight excluding hydrogens is 342 g/mol. The molecule has 0 bridgehead atoms. The summed E-state index contributed by atoms with van der Waals surface area (Å²) in [5.41, 5.74) is 5.27. The van der Waals surface area contributed by atoms with Crippen LogP contribution < -0.4 is 15.2 Å². The van der Waals surface area contributed by atoms with Gasteiger partial charge in [-0.2, -0.15) is 0 Å². The first kappa shape index (κ1) is 19.9. The Kier molecular flexibility index (Phi) is 6.38. The molecule has 2 N–H and O–H groups in total. The summed E-state index contributed by atoms with van der Waals surface area (Å²) in [7, 11) is 2.94. The number of carbonyl (C=O) groups excluding carboxylic acids is 1. The zero-order valence-electron chi connectivity index (χ0n) is 15.3. The molecule has 1 aromatic carbocycles. The van der Waals surface area contributed by atoms with Gasteiger partial charge in [0, 0.05) is 26.3 Å². The normalized spacial score (nSPS) is 19.5. The van der Waals surface area contributed by atoms with Gasteiger partial charge >= 0.3 is 0 Å². The highest BCUT2D eigenvalue weighted by atomic mass is 16.6. The summed E-state index contributed by atoms with van der Waals surface area (Å²) in [5, 5.41) is 11.5. The van der Waals surface area contributed by atoms with Crippen molar-refractivity contribution in [3.8, 4) is 11.5 Å². The Morgan fingerprint density at radius 1 is 1.35 bits per heavy atom. The number of hydrogen-bond donors (Lipinski definition) is 1. The van der Waals surface area contributed by atoms with Crippen molar-refractivity contribution >= 4 is 11.6 Å². The molecule has 1 saturated heterocycles. The average Bonchev–Trinajstić information content (AvgIpc) is 3.03. The molecule has 144 valence electrons. The number of ether oxygens (including phenoxy) is 3. The Morgan fingerprint density at radius 2 is 2.08 bits per heavy atom. The molecule has 9 nitrogen and oxygen atoms in total. The lowest BCUT2D eigenvalue weighted by Gasteiger charge is -2.22. The van der Waals surface area contributed by atoms with Crippen molar-refractivity contribution in [2.24, 2.45) is 11.1 Å². The summed E-state index contributed by atoms with van der Waals surface area (Å²) in [5.74, 6) is 0.0486. The van der Waals surface area contributed by atoms with E-state index in [1.54, 1.807) is 4.90 Å². The van der Waals surface area contributed by atoms with Gasteiger partial charge in [0.1, 0.15) is 12.2 Å². The van der Waals surface area contributed by atoms with Crippen LogP contribution in [0.3, 0.4) is 0 Å². The quantitative estimate of drug-likeness (QED) is 0.420. The summed E-state index contributed by atoms with van der Waals surface area (Å²) < 4.78 is 15.6. The number of nitrogens with two attached hydrogens (primary N) is 1. The van der Waals surface area contributed by atoms with E-state index in [0.29, 0.717) is 26.2 Å². The Labute approximate surface area is 152 Å². The molecule has 1 amide bonds. The van der Waals surface area contributed by atoms with Gasteiger partial charge < -0.3 is 24.8 Å². The highest BCUT2D eigenvalue weighted by Gasteiger charge is 2.37. The van der Waals surface area contributed by atoms with E-state index >= 15 is 0 Å². The van der Waals surface area contributed by atoms with Crippen molar-refractivity contribution in [1.82, 2.24) is 4.90 Å². The van der Waals surface area contributed by atoms with Crippen LogP contribution in [0.2, 0.25) is 0 Å². The van der Waals surface area contributed by atoms with Gasteiger partial charge in [-0.1, -0.05) is 6.92 Å². The third-order valence-electron chi connectivity index (χ3n) is 4.59. The number of nitrogens with zero attached hydrogens (tertiary/aromatic N) is 2. The molecule has 1 heterocycles. The zero-order valence-corrected chi connectivity index (χ0v) is 15.3. The smallest absolute Gasteiger partial charge is 0.286 e. The Bertz CT molecular complexity index is 681. The second-order valence-electron chi connectivity index (χ2n) is 6.61. The Morgan fingerprint density at radius 3 is 2.62 bits per heavy atom. The fourth-order valence-corrected chi connectivity index (χ4v) is 2.91. The van der Waals surface area contributed by atoms with E-state index < -0.39 is 10.8 Å². The molecule has 0 spiro atoms. The fourth-order valence-electron chi connectivity index (χ4n) is 2.91. The number of nitro groups is 1. The van der Waals surface area contributed by atoms with Gasteiger partial charge in [0.25, 0.3) is 11.6 Å². The van der Waals surface area contributed by atoms with Gasteiger partial charge in [-0.05, 0) is 18.4 Å². The van der Waals surface area contributed by atoms with E-state index in [4.69, 9.17) is 19.9 Å². The highest BCUT2D eigenvalue weighted by Crippen LogP contribution is 2.37. The maximum absolute atomic E-state index is 12.9. The summed E-state index contributed by atoms with van der Waals surface area (Å²) in [6.45, 7) is 3.96. The summed E-state index contributed by atoms with van der Waals surface area (Å²) >= 11 is 0. The number of hydrogen-bond acceptors (Lipinski definition) is 7. The first-order valence-electron chi connectivity index (χ1n) is 8.32. The second kappa shape index (κ2) is 8.33. The molecular formula is C17H25N3O6. The largest absolute Gasteiger partial charge is 0.493 e. The summed E-state index contributed by atoms with van der Waals surface area (Å²) in [6.07, 6.45) is 0.762.